The Bertz CT molecular complexity index is 314. The molecule has 0 saturated heterocycles. The lowest BCUT2D eigenvalue weighted by Gasteiger charge is -1.84. The minimum Gasteiger partial charge on any atom is -0.431 e. The number of hydrogen-bond donors (Lipinski definition) is 0. The maximum absolute atomic E-state index is 5.00. The largest absolute Gasteiger partial charge is 0.431 e. The minimum absolute atomic E-state index is 0.506. The molecule has 0 radical (unpaired) electrons. The Morgan fingerprint density at radius 1 is 1.55 bits per heavy atom. The first-order valence-corrected chi connectivity index (χ1v) is 3.35. The molecule has 0 unspecified atom stereocenters. The average Bonchev–Trinajstić information content (AvgIpc) is 2.31. The van der Waals surface area contributed by atoms with Gasteiger partial charge in [0, 0.05) is 19.0 Å². The second-order valence-corrected chi connectivity index (χ2v) is 2.44. The van der Waals surface area contributed by atoms with Crippen molar-refractivity contribution in [1.29, 1.82) is 0 Å². The van der Waals surface area contributed by atoms with Crippen molar-refractivity contribution >= 4 is 5.71 Å². The maximum Gasteiger partial charge on any atom is 0.320 e. The van der Waals surface area contributed by atoms with Crippen molar-refractivity contribution in [3.8, 4) is 0 Å². The van der Waals surface area contributed by atoms with E-state index in [1.165, 1.54) is 0 Å². The van der Waals surface area contributed by atoms with Crippen LogP contribution in [0.4, 0.5) is 0 Å². The van der Waals surface area contributed by atoms with Gasteiger partial charge >= 0.3 is 5.68 Å². The van der Waals surface area contributed by atoms with Gasteiger partial charge in [-0.1, -0.05) is 5.10 Å². The molecule has 4 heteroatoms. The van der Waals surface area contributed by atoms with Crippen LogP contribution in [-0.2, 0) is 7.05 Å². The topological polar surface area (TPSA) is 42.8 Å². The summed E-state index contributed by atoms with van der Waals surface area (Å²) < 4.78 is 6.76. The molecule has 0 spiro atoms. The van der Waals surface area contributed by atoms with E-state index in [1.807, 2.05) is 20.9 Å². The van der Waals surface area contributed by atoms with E-state index < -0.39 is 0 Å². The molecule has 0 aromatic carbocycles. The highest BCUT2D eigenvalue weighted by Crippen LogP contribution is 1.78. The van der Waals surface area contributed by atoms with E-state index in [-0.39, 0.29) is 0 Å². The van der Waals surface area contributed by atoms with E-state index >= 15 is 0 Å². The molecular weight excluding hydrogens is 142 g/mol. The van der Waals surface area contributed by atoms with Crippen LogP contribution in [0.5, 0.6) is 0 Å². The third kappa shape index (κ3) is 2.07. The summed E-state index contributed by atoms with van der Waals surface area (Å²) in [5.41, 5.74) is 1.41. The van der Waals surface area contributed by atoms with Crippen LogP contribution in [0.25, 0.3) is 0 Å². The van der Waals surface area contributed by atoms with Gasteiger partial charge in [0.25, 0.3) is 0 Å². The third-order valence-electron chi connectivity index (χ3n) is 1.10. The van der Waals surface area contributed by atoms with E-state index in [4.69, 9.17) is 4.42 Å². The molecular formula is C7H11N3O. The van der Waals surface area contributed by atoms with Gasteiger partial charge in [-0.15, -0.1) is 0 Å². The van der Waals surface area contributed by atoms with Gasteiger partial charge in [-0.25, -0.2) is 0 Å². The van der Waals surface area contributed by atoms with Crippen LogP contribution in [0.3, 0.4) is 0 Å². The predicted octanol–water partition coefficient (Wildman–Crippen LogP) is 0.915. The molecule has 1 aromatic heterocycles. The van der Waals surface area contributed by atoms with Gasteiger partial charge in [-0.2, -0.15) is 5.10 Å². The van der Waals surface area contributed by atoms with E-state index in [0.29, 0.717) is 5.68 Å². The van der Waals surface area contributed by atoms with Crippen molar-refractivity contribution in [2.75, 3.05) is 0 Å². The Morgan fingerprint density at radius 2 is 2.27 bits per heavy atom. The molecule has 0 amide bonds. The molecule has 0 fully saturated rings. The molecule has 0 aliphatic heterocycles. The van der Waals surface area contributed by atoms with Crippen LogP contribution in [0.1, 0.15) is 13.8 Å². The van der Waals surface area contributed by atoms with Gasteiger partial charge in [-0.05, 0) is 13.8 Å². The number of hydrogen-bond acceptors (Lipinski definition) is 3. The van der Waals surface area contributed by atoms with Crippen LogP contribution >= 0.6 is 0 Å². The van der Waals surface area contributed by atoms with Crippen molar-refractivity contribution in [2.45, 2.75) is 13.8 Å². The summed E-state index contributed by atoms with van der Waals surface area (Å²) in [4.78, 5) is 0. The standard InChI is InChI=1S/C7H11N3O/c1-6(2)8-9-7-10(3)4-5-11-7/h4-5H,1-3H3/b9-7-. The fourth-order valence-electron chi connectivity index (χ4n) is 0.566. The normalized spacial score (nSPS) is 11.7. The van der Waals surface area contributed by atoms with Gasteiger partial charge in [0.2, 0.25) is 0 Å². The first-order chi connectivity index (χ1) is 5.20. The van der Waals surface area contributed by atoms with Crippen LogP contribution in [-0.4, -0.2) is 10.3 Å². The Labute approximate surface area is 64.9 Å². The SMILES string of the molecule is CC(C)=N/N=c1\occn1C. The lowest BCUT2D eigenvalue weighted by molar-refractivity contribution is 0.471. The Kier molecular flexibility index (Phi) is 2.25. The van der Waals surface area contributed by atoms with Crippen molar-refractivity contribution in [2.24, 2.45) is 17.3 Å². The Balaban J connectivity index is 3.01. The molecule has 1 rings (SSSR count). The number of rotatable bonds is 1. The van der Waals surface area contributed by atoms with Gasteiger partial charge in [0.1, 0.15) is 6.26 Å². The second kappa shape index (κ2) is 3.18. The van der Waals surface area contributed by atoms with E-state index in [2.05, 4.69) is 10.2 Å². The van der Waals surface area contributed by atoms with Gasteiger partial charge in [0.15, 0.2) is 0 Å². The highest BCUT2D eigenvalue weighted by Gasteiger charge is 1.86. The van der Waals surface area contributed by atoms with Crippen LogP contribution < -0.4 is 5.68 Å². The fourth-order valence-corrected chi connectivity index (χ4v) is 0.566. The summed E-state index contributed by atoms with van der Waals surface area (Å²) in [6.45, 7) is 3.76. The van der Waals surface area contributed by atoms with Crippen molar-refractivity contribution in [1.82, 2.24) is 4.57 Å². The molecule has 0 aliphatic carbocycles. The van der Waals surface area contributed by atoms with Crippen LogP contribution in [0.15, 0.2) is 27.1 Å². The van der Waals surface area contributed by atoms with Crippen molar-refractivity contribution in [3.63, 3.8) is 0 Å². The molecule has 11 heavy (non-hydrogen) atoms. The molecule has 0 bridgehead atoms. The zero-order valence-electron chi connectivity index (χ0n) is 6.90. The van der Waals surface area contributed by atoms with Gasteiger partial charge < -0.3 is 8.98 Å². The summed E-state index contributed by atoms with van der Waals surface area (Å²) in [7, 11) is 1.85. The number of aromatic nitrogens is 1. The second-order valence-electron chi connectivity index (χ2n) is 2.44. The van der Waals surface area contributed by atoms with Crippen molar-refractivity contribution in [3.05, 3.63) is 18.1 Å². The summed E-state index contributed by atoms with van der Waals surface area (Å²) in [5, 5.41) is 7.70. The van der Waals surface area contributed by atoms with Gasteiger partial charge in [-0.3, -0.25) is 0 Å². The summed E-state index contributed by atoms with van der Waals surface area (Å²) in [6.07, 6.45) is 3.35. The summed E-state index contributed by atoms with van der Waals surface area (Å²) >= 11 is 0. The molecule has 4 nitrogen and oxygen atoms in total. The number of oxazole rings is 1. The third-order valence-corrected chi connectivity index (χ3v) is 1.10. The zero-order valence-corrected chi connectivity index (χ0v) is 6.90. The van der Waals surface area contributed by atoms with Crippen molar-refractivity contribution < 1.29 is 4.42 Å². The van der Waals surface area contributed by atoms with Gasteiger partial charge in [0.05, 0.1) is 0 Å². The number of nitrogens with zero attached hydrogens (tertiary/aromatic N) is 3. The Morgan fingerprint density at radius 3 is 2.73 bits per heavy atom. The molecule has 0 aliphatic rings. The first kappa shape index (κ1) is 7.78. The molecule has 60 valence electrons. The zero-order chi connectivity index (χ0) is 8.27. The quantitative estimate of drug-likeness (QED) is 0.437. The lowest BCUT2D eigenvalue weighted by atomic mass is 10.5. The van der Waals surface area contributed by atoms with E-state index in [0.717, 1.165) is 5.71 Å². The fraction of sp³-hybridized carbons (Fsp3) is 0.429. The highest BCUT2D eigenvalue weighted by atomic mass is 16.3. The van der Waals surface area contributed by atoms with E-state index in [1.54, 1.807) is 17.0 Å². The maximum atomic E-state index is 5.00. The number of aryl methyl sites for hydroxylation is 1. The lowest BCUT2D eigenvalue weighted by Crippen LogP contribution is -2.10. The average molecular weight is 153 g/mol. The smallest absolute Gasteiger partial charge is 0.320 e. The van der Waals surface area contributed by atoms with Crippen LogP contribution in [0, 0.1) is 0 Å². The molecule has 0 N–H and O–H groups in total. The molecule has 1 aromatic rings. The molecule has 0 atom stereocenters. The monoisotopic (exact) mass is 153 g/mol. The van der Waals surface area contributed by atoms with Crippen LogP contribution in [0.2, 0.25) is 0 Å². The first-order valence-electron chi connectivity index (χ1n) is 3.35. The highest BCUT2D eigenvalue weighted by molar-refractivity contribution is 5.78. The Hall–Kier alpha value is -1.32. The molecule has 1 heterocycles. The minimum atomic E-state index is 0.506. The van der Waals surface area contributed by atoms with E-state index in [9.17, 15) is 0 Å². The molecule has 0 saturated carbocycles. The summed E-state index contributed by atoms with van der Waals surface area (Å²) in [6, 6.07) is 0. The predicted molar refractivity (Wildman–Crippen MR) is 42.0 cm³/mol. The summed E-state index contributed by atoms with van der Waals surface area (Å²) in [5.74, 6) is 0.